The number of nitrogens with one attached hydrogen (secondary N) is 1. The maximum atomic E-state index is 12.7. The molecule has 1 N–H and O–H groups in total. The summed E-state index contributed by atoms with van der Waals surface area (Å²) < 4.78 is 0. The van der Waals surface area contributed by atoms with Crippen molar-refractivity contribution >= 4 is 29.1 Å². The zero-order chi connectivity index (χ0) is 22.3. The second-order valence-electron chi connectivity index (χ2n) is 8.62. The molecule has 4 rings (SSSR count). The molecule has 6 nitrogen and oxygen atoms in total. The molecule has 2 saturated heterocycles. The first-order valence-electron chi connectivity index (χ1n) is 11.4. The number of rotatable bonds is 6. The van der Waals surface area contributed by atoms with Crippen molar-refractivity contribution in [1.82, 2.24) is 15.1 Å². The van der Waals surface area contributed by atoms with Gasteiger partial charge in [0, 0.05) is 50.0 Å². The van der Waals surface area contributed by atoms with Gasteiger partial charge in [0.05, 0.1) is 12.5 Å². The molecule has 2 heterocycles. The average molecular weight is 455 g/mol. The van der Waals surface area contributed by atoms with E-state index in [4.69, 9.17) is 11.6 Å². The number of hydrogen-bond acceptors (Lipinski definition) is 4. The van der Waals surface area contributed by atoms with Crippen molar-refractivity contribution in [1.29, 1.82) is 0 Å². The lowest BCUT2D eigenvalue weighted by atomic mass is 9.96. The number of hydrogen-bond donors (Lipinski definition) is 1. The van der Waals surface area contributed by atoms with Crippen molar-refractivity contribution in [3.8, 4) is 0 Å². The number of benzene rings is 2. The summed E-state index contributed by atoms with van der Waals surface area (Å²) >= 11 is 5.97. The van der Waals surface area contributed by atoms with Crippen LogP contribution in [0.3, 0.4) is 0 Å². The first-order chi connectivity index (χ1) is 15.6. The van der Waals surface area contributed by atoms with Crippen molar-refractivity contribution in [2.45, 2.75) is 19.4 Å². The van der Waals surface area contributed by atoms with Gasteiger partial charge in [-0.05, 0) is 49.2 Å². The summed E-state index contributed by atoms with van der Waals surface area (Å²) in [6.07, 6.45) is 1.89. The van der Waals surface area contributed by atoms with Gasteiger partial charge in [-0.25, -0.2) is 0 Å². The van der Waals surface area contributed by atoms with E-state index in [1.807, 2.05) is 47.4 Å². The molecule has 32 heavy (non-hydrogen) atoms. The summed E-state index contributed by atoms with van der Waals surface area (Å²) in [7, 11) is 0. The molecule has 0 aliphatic carbocycles. The maximum Gasteiger partial charge on any atom is 0.242 e. The molecule has 0 aromatic heterocycles. The molecule has 170 valence electrons. The monoisotopic (exact) mass is 454 g/mol. The number of piperidine rings is 1. The lowest BCUT2D eigenvalue weighted by Gasteiger charge is -2.36. The lowest BCUT2D eigenvalue weighted by Crippen LogP contribution is -2.52. The predicted molar refractivity (Wildman–Crippen MR) is 128 cm³/mol. The SMILES string of the molecule is O=C(NCC(=O)N1CCN(c2ccc(Cl)cc2)CC1)C1CCCN(Cc2ccccc2)C1. The Labute approximate surface area is 195 Å². The average Bonchev–Trinajstić information content (AvgIpc) is 2.84. The van der Waals surface area contributed by atoms with E-state index >= 15 is 0 Å². The third kappa shape index (κ3) is 6.02. The highest BCUT2D eigenvalue weighted by Crippen LogP contribution is 2.20. The van der Waals surface area contributed by atoms with E-state index in [1.165, 1.54) is 5.56 Å². The van der Waals surface area contributed by atoms with Crippen LogP contribution in [0.25, 0.3) is 0 Å². The fraction of sp³-hybridized carbons (Fsp3) is 0.440. The molecule has 0 bridgehead atoms. The Morgan fingerprint density at radius 1 is 0.938 bits per heavy atom. The van der Waals surface area contributed by atoms with E-state index < -0.39 is 0 Å². The van der Waals surface area contributed by atoms with Crippen LogP contribution < -0.4 is 10.2 Å². The summed E-state index contributed by atoms with van der Waals surface area (Å²) in [5.41, 5.74) is 2.38. The number of piperazine rings is 1. The van der Waals surface area contributed by atoms with Gasteiger partial charge in [-0.1, -0.05) is 41.9 Å². The molecule has 2 aliphatic heterocycles. The minimum absolute atomic E-state index is 0.00379. The van der Waals surface area contributed by atoms with Crippen molar-refractivity contribution < 1.29 is 9.59 Å². The molecule has 0 radical (unpaired) electrons. The summed E-state index contributed by atoms with van der Waals surface area (Å²) in [5, 5.41) is 3.62. The standard InChI is InChI=1S/C25H31ClN4O2/c26-22-8-10-23(11-9-22)29-13-15-30(16-14-29)24(31)17-27-25(32)21-7-4-12-28(19-21)18-20-5-2-1-3-6-20/h1-3,5-6,8-11,21H,4,7,12-19H2,(H,27,32). The van der Waals surface area contributed by atoms with Crippen LogP contribution in [0.15, 0.2) is 54.6 Å². The van der Waals surface area contributed by atoms with Crippen LogP contribution in [-0.4, -0.2) is 67.4 Å². The van der Waals surface area contributed by atoms with E-state index in [0.29, 0.717) is 13.1 Å². The fourth-order valence-electron chi connectivity index (χ4n) is 4.54. The molecule has 0 saturated carbocycles. The third-order valence-corrected chi connectivity index (χ3v) is 6.62. The van der Waals surface area contributed by atoms with E-state index in [9.17, 15) is 9.59 Å². The number of nitrogens with zero attached hydrogens (tertiary/aromatic N) is 3. The van der Waals surface area contributed by atoms with E-state index in [-0.39, 0.29) is 24.3 Å². The van der Waals surface area contributed by atoms with Gasteiger partial charge in [0.25, 0.3) is 0 Å². The van der Waals surface area contributed by atoms with Gasteiger partial charge in [0.2, 0.25) is 11.8 Å². The van der Waals surface area contributed by atoms with Gasteiger partial charge in [-0.15, -0.1) is 0 Å². The zero-order valence-corrected chi connectivity index (χ0v) is 19.1. The van der Waals surface area contributed by atoms with E-state index in [1.54, 1.807) is 0 Å². The Hall–Kier alpha value is -2.57. The molecule has 7 heteroatoms. The molecule has 2 aromatic rings. The zero-order valence-electron chi connectivity index (χ0n) is 18.4. The topological polar surface area (TPSA) is 55.9 Å². The van der Waals surface area contributed by atoms with Crippen molar-refractivity contribution in [2.75, 3.05) is 50.7 Å². The highest BCUT2D eigenvalue weighted by Gasteiger charge is 2.27. The van der Waals surface area contributed by atoms with Gasteiger partial charge in [0.1, 0.15) is 0 Å². The van der Waals surface area contributed by atoms with Crippen molar-refractivity contribution in [3.63, 3.8) is 0 Å². The van der Waals surface area contributed by atoms with E-state index in [2.05, 4.69) is 27.2 Å². The van der Waals surface area contributed by atoms with Crippen LogP contribution >= 0.6 is 11.6 Å². The second kappa shape index (κ2) is 10.8. The molecule has 2 aromatic carbocycles. The lowest BCUT2D eigenvalue weighted by molar-refractivity contribution is -0.134. The van der Waals surface area contributed by atoms with Crippen LogP contribution in [0.1, 0.15) is 18.4 Å². The summed E-state index contributed by atoms with van der Waals surface area (Å²) in [5.74, 6) is -0.0658. The van der Waals surface area contributed by atoms with Crippen molar-refractivity contribution in [2.24, 2.45) is 5.92 Å². The Morgan fingerprint density at radius 2 is 1.66 bits per heavy atom. The van der Waals surface area contributed by atoms with Gasteiger partial charge in [-0.2, -0.15) is 0 Å². The molecule has 1 atom stereocenters. The van der Waals surface area contributed by atoms with Crippen LogP contribution in [-0.2, 0) is 16.1 Å². The summed E-state index contributed by atoms with van der Waals surface area (Å²) in [6, 6.07) is 18.1. The molecule has 2 amide bonds. The first-order valence-corrected chi connectivity index (χ1v) is 11.8. The molecular weight excluding hydrogens is 424 g/mol. The normalized spacial score (nSPS) is 19.6. The maximum absolute atomic E-state index is 12.7. The summed E-state index contributed by atoms with van der Waals surface area (Å²) in [4.78, 5) is 31.8. The van der Waals surface area contributed by atoms with Gasteiger partial charge >= 0.3 is 0 Å². The van der Waals surface area contributed by atoms with Gasteiger partial charge < -0.3 is 15.1 Å². The first kappa shape index (κ1) is 22.6. The Bertz CT molecular complexity index is 898. The molecule has 2 aliphatic rings. The predicted octanol–water partition coefficient (Wildman–Crippen LogP) is 3.02. The third-order valence-electron chi connectivity index (χ3n) is 6.36. The summed E-state index contributed by atoms with van der Waals surface area (Å²) in [6.45, 7) is 5.56. The minimum Gasteiger partial charge on any atom is -0.368 e. The highest BCUT2D eigenvalue weighted by atomic mass is 35.5. The van der Waals surface area contributed by atoms with E-state index in [0.717, 1.165) is 56.3 Å². The molecule has 2 fully saturated rings. The van der Waals surface area contributed by atoms with Crippen LogP contribution in [0.5, 0.6) is 0 Å². The second-order valence-corrected chi connectivity index (χ2v) is 9.06. The number of carbonyl (C=O) groups is 2. The molecule has 1 unspecified atom stereocenters. The Kier molecular flexibility index (Phi) is 7.66. The van der Waals surface area contributed by atoms with Crippen molar-refractivity contribution in [3.05, 3.63) is 65.2 Å². The Morgan fingerprint density at radius 3 is 2.38 bits per heavy atom. The van der Waals surface area contributed by atoms with Crippen LogP contribution in [0, 0.1) is 5.92 Å². The van der Waals surface area contributed by atoms with Gasteiger partial charge in [0.15, 0.2) is 0 Å². The number of amides is 2. The minimum atomic E-state index is -0.0537. The quantitative estimate of drug-likeness (QED) is 0.729. The van der Waals surface area contributed by atoms with Crippen LogP contribution in [0.2, 0.25) is 5.02 Å². The molecule has 0 spiro atoms. The number of halogens is 1. The fourth-order valence-corrected chi connectivity index (χ4v) is 4.67. The Balaban J connectivity index is 1.20. The smallest absolute Gasteiger partial charge is 0.242 e. The molecular formula is C25H31ClN4O2. The highest BCUT2D eigenvalue weighted by molar-refractivity contribution is 6.30. The van der Waals surface area contributed by atoms with Crippen LogP contribution in [0.4, 0.5) is 5.69 Å². The number of carbonyl (C=O) groups excluding carboxylic acids is 2. The number of anilines is 1. The largest absolute Gasteiger partial charge is 0.368 e. The number of likely N-dealkylation sites (tertiary alicyclic amines) is 1. The van der Waals surface area contributed by atoms with Gasteiger partial charge in [-0.3, -0.25) is 14.5 Å².